The minimum absolute atomic E-state index is 0.0526. The number of hydrogen-bond donors (Lipinski definition) is 1. The van der Waals surface area contributed by atoms with E-state index in [1.807, 2.05) is 39.0 Å². The van der Waals surface area contributed by atoms with Crippen molar-refractivity contribution in [2.24, 2.45) is 5.92 Å². The minimum atomic E-state index is -0.427. The number of carbonyl (C=O) groups excluding carboxylic acids is 2. The highest BCUT2D eigenvalue weighted by Gasteiger charge is 2.22. The summed E-state index contributed by atoms with van der Waals surface area (Å²) in [6.45, 7) is 5.76. The van der Waals surface area contributed by atoms with Crippen LogP contribution in [0.1, 0.15) is 41.6 Å². The van der Waals surface area contributed by atoms with E-state index in [0.29, 0.717) is 10.8 Å². The molecule has 1 amide bonds. The monoisotopic (exact) mass is 357 g/mol. The third kappa shape index (κ3) is 3.93. The van der Waals surface area contributed by atoms with E-state index >= 15 is 0 Å². The average Bonchev–Trinajstić information content (AvgIpc) is 3.04. The van der Waals surface area contributed by atoms with Gasteiger partial charge < -0.3 is 10.1 Å². The van der Waals surface area contributed by atoms with Gasteiger partial charge in [-0.25, -0.2) is 4.79 Å². The molecule has 0 bridgehead atoms. The lowest BCUT2D eigenvalue weighted by Crippen LogP contribution is -2.38. The van der Waals surface area contributed by atoms with Gasteiger partial charge in [-0.1, -0.05) is 38.1 Å². The van der Waals surface area contributed by atoms with E-state index < -0.39 is 5.97 Å². The standard InChI is InChI=1S/C20H23NO3S/c1-12(2)13(3)21-18(22)11-24-20(23)17-10-15-9-8-14-6-4-5-7-16(14)19(15)25-17/h4-7,10,12-13H,8-9,11H2,1-3H3,(H,21,22)/t13-/m1/s1. The van der Waals surface area contributed by atoms with Crippen molar-refractivity contribution >= 4 is 23.2 Å². The molecule has 4 nitrogen and oxygen atoms in total. The first-order valence-electron chi connectivity index (χ1n) is 8.63. The Morgan fingerprint density at radius 3 is 2.64 bits per heavy atom. The molecule has 1 N–H and O–H groups in total. The highest BCUT2D eigenvalue weighted by atomic mass is 32.1. The number of carbonyl (C=O) groups is 2. The van der Waals surface area contributed by atoms with Gasteiger partial charge in [0, 0.05) is 10.9 Å². The molecule has 1 aromatic carbocycles. The van der Waals surface area contributed by atoms with Gasteiger partial charge in [-0.05, 0) is 48.4 Å². The SMILES string of the molecule is CC(C)[C@@H](C)NC(=O)COC(=O)c1cc2c(s1)-c1ccccc1CC2. The molecule has 0 saturated carbocycles. The zero-order valence-electron chi connectivity index (χ0n) is 14.8. The van der Waals surface area contributed by atoms with Gasteiger partial charge in [-0.15, -0.1) is 11.3 Å². The predicted molar refractivity (Wildman–Crippen MR) is 99.9 cm³/mol. The fraction of sp³-hybridized carbons (Fsp3) is 0.400. The van der Waals surface area contributed by atoms with E-state index in [1.54, 1.807) is 0 Å². The smallest absolute Gasteiger partial charge is 0.348 e. The van der Waals surface area contributed by atoms with Gasteiger partial charge in [0.2, 0.25) is 0 Å². The Morgan fingerprint density at radius 2 is 1.88 bits per heavy atom. The topological polar surface area (TPSA) is 55.4 Å². The van der Waals surface area contributed by atoms with Crippen LogP contribution in [-0.4, -0.2) is 24.5 Å². The number of aryl methyl sites for hydroxylation is 2. The second kappa shape index (κ2) is 7.40. The van der Waals surface area contributed by atoms with Gasteiger partial charge >= 0.3 is 5.97 Å². The van der Waals surface area contributed by atoms with Crippen LogP contribution in [0.2, 0.25) is 0 Å². The summed E-state index contributed by atoms with van der Waals surface area (Å²) in [5, 5.41) is 2.84. The molecule has 0 spiro atoms. The summed E-state index contributed by atoms with van der Waals surface area (Å²) in [6.07, 6.45) is 1.92. The van der Waals surface area contributed by atoms with Crippen molar-refractivity contribution in [3.05, 3.63) is 46.3 Å². The predicted octanol–water partition coefficient (Wildman–Crippen LogP) is 3.83. The molecule has 0 fully saturated rings. The van der Waals surface area contributed by atoms with Crippen LogP contribution in [0.25, 0.3) is 10.4 Å². The van der Waals surface area contributed by atoms with Gasteiger partial charge in [0.05, 0.1) is 0 Å². The van der Waals surface area contributed by atoms with Gasteiger partial charge in [-0.3, -0.25) is 4.79 Å². The largest absolute Gasteiger partial charge is 0.451 e. The maximum absolute atomic E-state index is 12.3. The lowest BCUT2D eigenvalue weighted by molar-refractivity contribution is -0.125. The van der Waals surface area contributed by atoms with Gasteiger partial charge in [0.25, 0.3) is 5.91 Å². The van der Waals surface area contributed by atoms with Crippen molar-refractivity contribution in [2.45, 2.75) is 39.7 Å². The van der Waals surface area contributed by atoms with Crippen molar-refractivity contribution in [2.75, 3.05) is 6.61 Å². The molecule has 0 unspecified atom stereocenters. The third-order valence-electron chi connectivity index (χ3n) is 4.66. The highest BCUT2D eigenvalue weighted by molar-refractivity contribution is 7.17. The van der Waals surface area contributed by atoms with Crippen LogP contribution in [0.5, 0.6) is 0 Å². The third-order valence-corrected chi connectivity index (χ3v) is 5.85. The maximum atomic E-state index is 12.3. The summed E-state index contributed by atoms with van der Waals surface area (Å²) in [5.74, 6) is -0.353. The summed E-state index contributed by atoms with van der Waals surface area (Å²) < 4.78 is 5.20. The van der Waals surface area contributed by atoms with E-state index in [2.05, 4.69) is 17.4 Å². The first-order chi connectivity index (χ1) is 12.0. The van der Waals surface area contributed by atoms with Gasteiger partial charge in [0.15, 0.2) is 6.61 Å². The number of hydrogen-bond acceptors (Lipinski definition) is 4. The number of esters is 1. The number of thiophene rings is 1. The zero-order chi connectivity index (χ0) is 18.0. The van der Waals surface area contributed by atoms with Gasteiger partial charge in [-0.2, -0.15) is 0 Å². The van der Waals surface area contributed by atoms with Crippen LogP contribution < -0.4 is 5.32 Å². The second-order valence-electron chi connectivity index (χ2n) is 6.80. The summed E-state index contributed by atoms with van der Waals surface area (Å²) in [7, 11) is 0. The number of amides is 1. The Kier molecular flexibility index (Phi) is 5.23. The molecular weight excluding hydrogens is 334 g/mol. The average molecular weight is 357 g/mol. The van der Waals surface area contributed by atoms with E-state index in [-0.39, 0.29) is 18.6 Å². The van der Waals surface area contributed by atoms with Crippen LogP contribution >= 0.6 is 11.3 Å². The van der Waals surface area contributed by atoms with Crippen LogP contribution in [0, 0.1) is 5.92 Å². The van der Waals surface area contributed by atoms with Gasteiger partial charge in [0.1, 0.15) is 4.88 Å². The molecule has 0 saturated heterocycles. The number of nitrogens with one attached hydrogen (secondary N) is 1. The van der Waals surface area contributed by atoms with Crippen LogP contribution in [-0.2, 0) is 22.4 Å². The number of rotatable bonds is 5. The zero-order valence-corrected chi connectivity index (χ0v) is 15.6. The first kappa shape index (κ1) is 17.7. The van der Waals surface area contributed by atoms with Crippen molar-refractivity contribution in [3.8, 4) is 10.4 Å². The summed E-state index contributed by atoms with van der Waals surface area (Å²) in [4.78, 5) is 25.9. The molecule has 1 aliphatic carbocycles. The molecule has 132 valence electrons. The molecule has 25 heavy (non-hydrogen) atoms. The maximum Gasteiger partial charge on any atom is 0.348 e. The molecule has 0 radical (unpaired) electrons. The van der Waals surface area contributed by atoms with Crippen LogP contribution in [0.4, 0.5) is 0 Å². The quantitative estimate of drug-likeness (QED) is 0.828. The first-order valence-corrected chi connectivity index (χ1v) is 9.45. The Labute approximate surface area is 152 Å². The number of fused-ring (bicyclic) bond motifs is 3. The molecule has 1 aliphatic rings. The normalized spacial score (nSPS) is 13.8. The Bertz CT molecular complexity index is 794. The van der Waals surface area contributed by atoms with Crippen molar-refractivity contribution in [3.63, 3.8) is 0 Å². The molecule has 3 rings (SSSR count). The summed E-state index contributed by atoms with van der Waals surface area (Å²) >= 11 is 1.45. The van der Waals surface area contributed by atoms with E-state index in [0.717, 1.165) is 17.7 Å². The molecule has 1 aromatic heterocycles. The second-order valence-corrected chi connectivity index (χ2v) is 7.85. The fourth-order valence-electron chi connectivity index (χ4n) is 2.84. The minimum Gasteiger partial charge on any atom is -0.451 e. The van der Waals surface area contributed by atoms with Crippen molar-refractivity contribution in [1.82, 2.24) is 5.32 Å². The molecule has 1 heterocycles. The van der Waals surface area contributed by atoms with E-state index in [1.165, 1.54) is 28.0 Å². The van der Waals surface area contributed by atoms with E-state index in [4.69, 9.17) is 4.74 Å². The highest BCUT2D eigenvalue weighted by Crippen LogP contribution is 2.39. The molecule has 5 heteroatoms. The molecule has 0 aliphatic heterocycles. The fourth-order valence-corrected chi connectivity index (χ4v) is 4.00. The lowest BCUT2D eigenvalue weighted by atomic mass is 9.91. The summed E-state index contributed by atoms with van der Waals surface area (Å²) in [5.41, 5.74) is 3.71. The Morgan fingerprint density at radius 1 is 1.16 bits per heavy atom. The van der Waals surface area contributed by atoms with Crippen LogP contribution in [0.15, 0.2) is 30.3 Å². The van der Waals surface area contributed by atoms with Crippen molar-refractivity contribution in [1.29, 1.82) is 0 Å². The molecule has 2 aromatic rings. The summed E-state index contributed by atoms with van der Waals surface area (Å²) in [6, 6.07) is 10.3. The Hall–Kier alpha value is -2.14. The van der Waals surface area contributed by atoms with Crippen LogP contribution in [0.3, 0.4) is 0 Å². The molecular formula is C20H23NO3S. The lowest BCUT2D eigenvalue weighted by Gasteiger charge is -2.17. The van der Waals surface area contributed by atoms with E-state index in [9.17, 15) is 9.59 Å². The molecule has 1 atom stereocenters. The number of benzene rings is 1. The number of ether oxygens (including phenoxy) is 1. The Balaban J connectivity index is 1.65. The van der Waals surface area contributed by atoms with Crippen molar-refractivity contribution < 1.29 is 14.3 Å².